The van der Waals surface area contributed by atoms with Crippen LogP contribution in [0.5, 0.6) is 0 Å². The number of esters is 1. The van der Waals surface area contributed by atoms with Gasteiger partial charge in [0.2, 0.25) is 0 Å². The number of nitrogens with zero attached hydrogens (tertiary/aromatic N) is 1. The Labute approximate surface area is 75.3 Å². The average molecular weight is 188 g/mol. The zero-order chi connectivity index (χ0) is 9.84. The number of aliphatic hydroxyl groups excluding tert-OH is 1. The monoisotopic (exact) mass is 188 g/mol. The van der Waals surface area contributed by atoms with Crippen LogP contribution in [0.4, 0.5) is 0 Å². The van der Waals surface area contributed by atoms with Crippen LogP contribution >= 0.6 is 0 Å². The summed E-state index contributed by atoms with van der Waals surface area (Å²) in [6.07, 6.45) is 0. The van der Waals surface area contributed by atoms with Gasteiger partial charge in [-0.3, -0.25) is 9.59 Å². The van der Waals surface area contributed by atoms with Crippen molar-refractivity contribution >= 4 is 11.9 Å². The molecule has 0 aromatic rings. The van der Waals surface area contributed by atoms with Gasteiger partial charge in [-0.25, -0.2) is 0 Å². The fraction of sp³-hybridized carbons (Fsp3) is 0.714. The van der Waals surface area contributed by atoms with Crippen molar-refractivity contribution in [2.45, 2.75) is 6.04 Å². The lowest BCUT2D eigenvalue weighted by Gasteiger charge is -2.27. The summed E-state index contributed by atoms with van der Waals surface area (Å²) in [4.78, 5) is 23.2. The van der Waals surface area contributed by atoms with Crippen molar-refractivity contribution in [2.24, 2.45) is 5.73 Å². The van der Waals surface area contributed by atoms with Gasteiger partial charge in [-0.15, -0.1) is 0 Å². The highest BCUT2D eigenvalue weighted by Crippen LogP contribution is 2.00. The van der Waals surface area contributed by atoms with Gasteiger partial charge in [-0.1, -0.05) is 0 Å². The number of cyclic esters (lactones) is 1. The molecule has 1 rings (SSSR count). The first-order valence-corrected chi connectivity index (χ1v) is 3.93. The van der Waals surface area contributed by atoms with Crippen LogP contribution in [0.25, 0.3) is 0 Å². The molecule has 1 aliphatic heterocycles. The minimum Gasteiger partial charge on any atom is -0.454 e. The van der Waals surface area contributed by atoms with Crippen LogP contribution in [0.3, 0.4) is 0 Å². The summed E-state index contributed by atoms with van der Waals surface area (Å²) in [7, 11) is 0. The number of hydrogen-bond donors (Lipinski definition) is 2. The van der Waals surface area contributed by atoms with E-state index in [1.165, 1.54) is 4.90 Å². The van der Waals surface area contributed by atoms with Crippen molar-refractivity contribution in [1.82, 2.24) is 4.90 Å². The molecule has 0 aromatic carbocycles. The highest BCUT2D eigenvalue weighted by Gasteiger charge is 2.25. The first kappa shape index (κ1) is 9.94. The third-order valence-electron chi connectivity index (χ3n) is 1.72. The molecule has 1 unspecified atom stereocenters. The highest BCUT2D eigenvalue weighted by atomic mass is 16.5. The first-order valence-electron chi connectivity index (χ1n) is 3.93. The van der Waals surface area contributed by atoms with Gasteiger partial charge >= 0.3 is 5.97 Å². The van der Waals surface area contributed by atoms with Gasteiger partial charge in [0.1, 0.15) is 6.54 Å². The predicted molar refractivity (Wildman–Crippen MR) is 42.6 cm³/mol. The van der Waals surface area contributed by atoms with Gasteiger partial charge in [0, 0.05) is 12.6 Å². The average Bonchev–Trinajstić information content (AvgIpc) is 2.11. The number of morpholine rings is 1. The van der Waals surface area contributed by atoms with Crippen molar-refractivity contribution < 1.29 is 19.4 Å². The van der Waals surface area contributed by atoms with E-state index in [9.17, 15) is 9.59 Å². The van der Waals surface area contributed by atoms with E-state index >= 15 is 0 Å². The smallest absolute Gasteiger partial charge is 0.326 e. The van der Waals surface area contributed by atoms with E-state index in [1.54, 1.807) is 0 Å². The van der Waals surface area contributed by atoms with E-state index in [4.69, 9.17) is 10.8 Å². The molecule has 6 nitrogen and oxygen atoms in total. The van der Waals surface area contributed by atoms with Crippen molar-refractivity contribution in [3.8, 4) is 0 Å². The fourth-order valence-electron chi connectivity index (χ4n) is 1.03. The fourth-order valence-corrected chi connectivity index (χ4v) is 1.03. The minimum atomic E-state index is -0.505. The third-order valence-corrected chi connectivity index (χ3v) is 1.72. The maximum absolute atomic E-state index is 11.1. The Morgan fingerprint density at radius 1 is 1.62 bits per heavy atom. The number of ether oxygens (including phenoxy) is 1. The minimum absolute atomic E-state index is 0.0769. The molecule has 1 heterocycles. The maximum atomic E-state index is 11.1. The van der Waals surface area contributed by atoms with Crippen LogP contribution in [-0.4, -0.2) is 54.2 Å². The second-order valence-corrected chi connectivity index (χ2v) is 2.88. The molecule has 1 aliphatic rings. The standard InChI is InChI=1S/C7H12N2O4/c8-5(3-10)1-9-2-7(12)13-4-6(9)11/h5,10H,1-4,8H2. The molecule has 74 valence electrons. The van der Waals surface area contributed by atoms with Crippen molar-refractivity contribution in [3.63, 3.8) is 0 Å². The van der Waals surface area contributed by atoms with E-state index in [-0.39, 0.29) is 32.2 Å². The molecule has 0 spiro atoms. The lowest BCUT2D eigenvalue weighted by Crippen LogP contribution is -2.50. The van der Waals surface area contributed by atoms with Gasteiger partial charge in [0.25, 0.3) is 5.91 Å². The summed E-state index contributed by atoms with van der Waals surface area (Å²) in [6, 6.07) is -0.505. The van der Waals surface area contributed by atoms with Crippen LogP contribution in [0.15, 0.2) is 0 Å². The Kier molecular flexibility index (Phi) is 3.21. The van der Waals surface area contributed by atoms with Gasteiger partial charge in [0.05, 0.1) is 6.61 Å². The molecule has 0 bridgehead atoms. The second kappa shape index (κ2) is 4.20. The zero-order valence-electron chi connectivity index (χ0n) is 7.10. The SMILES string of the molecule is NC(CO)CN1CC(=O)OCC1=O. The van der Waals surface area contributed by atoms with Crippen molar-refractivity contribution in [2.75, 3.05) is 26.3 Å². The summed E-state index contributed by atoms with van der Waals surface area (Å²) in [5, 5.41) is 8.64. The van der Waals surface area contributed by atoms with Crippen LogP contribution in [0.1, 0.15) is 0 Å². The zero-order valence-corrected chi connectivity index (χ0v) is 7.10. The quantitative estimate of drug-likeness (QED) is 0.485. The van der Waals surface area contributed by atoms with E-state index in [0.29, 0.717) is 0 Å². The number of rotatable bonds is 3. The molecular formula is C7H12N2O4. The lowest BCUT2D eigenvalue weighted by atomic mass is 10.3. The Balaban J connectivity index is 2.46. The number of amides is 1. The van der Waals surface area contributed by atoms with Crippen LogP contribution in [0, 0.1) is 0 Å². The Hall–Kier alpha value is -1.14. The second-order valence-electron chi connectivity index (χ2n) is 2.88. The molecule has 6 heteroatoms. The van der Waals surface area contributed by atoms with E-state index in [0.717, 1.165) is 0 Å². The molecule has 0 radical (unpaired) electrons. The third kappa shape index (κ3) is 2.67. The molecule has 1 saturated heterocycles. The topological polar surface area (TPSA) is 92.9 Å². The van der Waals surface area contributed by atoms with Gasteiger partial charge in [-0.2, -0.15) is 0 Å². The summed E-state index contributed by atoms with van der Waals surface area (Å²) < 4.78 is 4.50. The Morgan fingerprint density at radius 2 is 2.31 bits per heavy atom. The molecule has 1 amide bonds. The predicted octanol–water partition coefficient (Wildman–Crippen LogP) is -2.31. The van der Waals surface area contributed by atoms with Gasteiger partial charge in [-0.05, 0) is 0 Å². The lowest BCUT2D eigenvalue weighted by molar-refractivity contribution is -0.162. The molecule has 1 fully saturated rings. The van der Waals surface area contributed by atoms with E-state index in [2.05, 4.69) is 4.74 Å². The van der Waals surface area contributed by atoms with Gasteiger partial charge in [0.15, 0.2) is 6.61 Å². The molecule has 1 atom stereocenters. The highest BCUT2D eigenvalue weighted by molar-refractivity contribution is 5.88. The van der Waals surface area contributed by atoms with Crippen LogP contribution < -0.4 is 5.73 Å². The van der Waals surface area contributed by atoms with Crippen LogP contribution in [-0.2, 0) is 14.3 Å². The first-order chi connectivity index (χ1) is 6.13. The van der Waals surface area contributed by atoms with Crippen LogP contribution in [0.2, 0.25) is 0 Å². The number of aliphatic hydroxyl groups is 1. The molecule has 0 saturated carbocycles. The molecular weight excluding hydrogens is 176 g/mol. The number of hydrogen-bond acceptors (Lipinski definition) is 5. The largest absolute Gasteiger partial charge is 0.454 e. The van der Waals surface area contributed by atoms with E-state index in [1.807, 2.05) is 0 Å². The maximum Gasteiger partial charge on any atom is 0.326 e. The molecule has 3 N–H and O–H groups in total. The van der Waals surface area contributed by atoms with Crippen molar-refractivity contribution in [3.05, 3.63) is 0 Å². The van der Waals surface area contributed by atoms with E-state index < -0.39 is 12.0 Å². The summed E-state index contributed by atoms with van der Waals surface area (Å²) in [5.74, 6) is -0.715. The summed E-state index contributed by atoms with van der Waals surface area (Å²) >= 11 is 0. The summed E-state index contributed by atoms with van der Waals surface area (Å²) in [6.45, 7) is -0.327. The normalized spacial score (nSPS) is 20.0. The molecule has 0 aliphatic carbocycles. The molecule has 13 heavy (non-hydrogen) atoms. The number of carbonyl (C=O) groups excluding carboxylic acids is 2. The molecule has 0 aromatic heterocycles. The van der Waals surface area contributed by atoms with Gasteiger partial charge < -0.3 is 20.5 Å². The summed E-state index contributed by atoms with van der Waals surface area (Å²) in [5.41, 5.74) is 5.42. The number of nitrogens with two attached hydrogens (primary N) is 1. The number of carbonyl (C=O) groups is 2. The Morgan fingerprint density at radius 3 is 2.92 bits per heavy atom. The Bertz CT molecular complexity index is 219. The van der Waals surface area contributed by atoms with Crippen molar-refractivity contribution in [1.29, 1.82) is 0 Å².